The van der Waals surface area contributed by atoms with Crippen LogP contribution in [0.25, 0.3) is 0 Å². The second-order valence-corrected chi connectivity index (χ2v) is 9.36. The minimum Gasteiger partial charge on any atom is -0.337 e. The molecule has 0 aromatic carbocycles. The molecule has 0 bridgehead atoms. The molecule has 0 aromatic heterocycles. The highest BCUT2D eigenvalue weighted by molar-refractivity contribution is 7.92. The summed E-state index contributed by atoms with van der Waals surface area (Å²) in [7, 11) is -2.97. The molecule has 2 amide bonds. The van der Waals surface area contributed by atoms with E-state index in [1.165, 1.54) is 19.3 Å². The van der Waals surface area contributed by atoms with E-state index < -0.39 is 9.84 Å². The molecule has 120 valence electrons. The van der Waals surface area contributed by atoms with E-state index >= 15 is 0 Å². The Morgan fingerprint density at radius 2 is 1.95 bits per heavy atom. The van der Waals surface area contributed by atoms with Gasteiger partial charge in [0.1, 0.15) is 0 Å². The van der Waals surface area contributed by atoms with E-state index in [1.807, 2.05) is 4.90 Å². The monoisotopic (exact) mass is 314 g/mol. The van der Waals surface area contributed by atoms with E-state index in [9.17, 15) is 13.2 Å². The van der Waals surface area contributed by atoms with Gasteiger partial charge in [0.05, 0.1) is 11.0 Å². The molecule has 21 heavy (non-hydrogen) atoms. The second-order valence-electron chi connectivity index (χ2n) is 6.96. The van der Waals surface area contributed by atoms with E-state index in [1.54, 1.807) is 0 Å². The fraction of sp³-hybridized carbons (Fsp3) is 0.933. The number of nitrogens with zero attached hydrogens (tertiary/aromatic N) is 1. The number of nitrogens with one attached hydrogen (secondary N) is 1. The number of sulfone groups is 1. The molecule has 1 aliphatic carbocycles. The first-order chi connectivity index (χ1) is 9.99. The molecule has 4 atom stereocenters. The Morgan fingerprint density at radius 1 is 1.19 bits per heavy atom. The lowest BCUT2D eigenvalue weighted by Crippen LogP contribution is -2.47. The normalized spacial score (nSPS) is 38.2. The molecular formula is C15H26N2O3S. The summed E-state index contributed by atoms with van der Waals surface area (Å²) in [6.07, 6.45) is 6.23. The maximum Gasteiger partial charge on any atom is 0.317 e. The van der Waals surface area contributed by atoms with Crippen molar-refractivity contribution in [2.24, 2.45) is 11.8 Å². The van der Waals surface area contributed by atoms with Gasteiger partial charge in [0.2, 0.25) is 0 Å². The van der Waals surface area contributed by atoms with Crippen LogP contribution < -0.4 is 5.32 Å². The van der Waals surface area contributed by atoms with Crippen LogP contribution in [0.15, 0.2) is 0 Å². The average Bonchev–Trinajstić information content (AvgIpc) is 2.97. The number of hydrogen-bond acceptors (Lipinski definition) is 3. The van der Waals surface area contributed by atoms with E-state index in [0.717, 1.165) is 19.4 Å². The zero-order chi connectivity index (χ0) is 15.0. The van der Waals surface area contributed by atoms with Crippen molar-refractivity contribution in [3.8, 4) is 0 Å². The van der Waals surface area contributed by atoms with Crippen molar-refractivity contribution in [1.29, 1.82) is 0 Å². The lowest BCUT2D eigenvalue weighted by Gasteiger charge is -2.32. The highest BCUT2D eigenvalue weighted by atomic mass is 32.2. The maximum atomic E-state index is 12.4. The SMILES string of the molecule is C[C@@H]1CN(C(=O)NC[C@@H]2CCCS2(=O)=O)[C@H]2CCCC[C@@H]12. The highest BCUT2D eigenvalue weighted by Gasteiger charge is 2.43. The van der Waals surface area contributed by atoms with Gasteiger partial charge in [-0.25, -0.2) is 13.2 Å². The first-order valence-corrected chi connectivity index (χ1v) is 9.96. The molecule has 1 N–H and O–H groups in total. The molecule has 0 unspecified atom stereocenters. The van der Waals surface area contributed by atoms with Crippen LogP contribution in [0, 0.1) is 11.8 Å². The zero-order valence-corrected chi connectivity index (χ0v) is 13.6. The lowest BCUT2D eigenvalue weighted by molar-refractivity contribution is 0.169. The van der Waals surface area contributed by atoms with Crippen molar-refractivity contribution in [3.05, 3.63) is 0 Å². The third-order valence-corrected chi connectivity index (χ3v) is 7.88. The van der Waals surface area contributed by atoms with Crippen LogP contribution in [0.5, 0.6) is 0 Å². The number of rotatable bonds is 2. The fourth-order valence-electron chi connectivity index (χ4n) is 4.40. The summed E-state index contributed by atoms with van der Waals surface area (Å²) >= 11 is 0. The van der Waals surface area contributed by atoms with Crippen molar-refractivity contribution < 1.29 is 13.2 Å². The van der Waals surface area contributed by atoms with Crippen molar-refractivity contribution in [1.82, 2.24) is 10.2 Å². The molecule has 3 fully saturated rings. The van der Waals surface area contributed by atoms with Crippen LogP contribution in [0.4, 0.5) is 4.79 Å². The number of carbonyl (C=O) groups excluding carboxylic acids is 1. The Bertz CT molecular complexity index is 505. The first-order valence-electron chi connectivity index (χ1n) is 8.25. The predicted octanol–water partition coefficient (Wildman–Crippen LogP) is 1.78. The first kappa shape index (κ1) is 15.1. The van der Waals surface area contributed by atoms with Crippen molar-refractivity contribution in [2.45, 2.75) is 56.7 Å². The molecule has 2 aliphatic heterocycles. The smallest absolute Gasteiger partial charge is 0.317 e. The quantitative estimate of drug-likeness (QED) is 0.845. The van der Waals surface area contributed by atoms with Gasteiger partial charge in [-0.05, 0) is 37.5 Å². The fourth-order valence-corrected chi connectivity index (χ4v) is 6.16. The van der Waals surface area contributed by atoms with Crippen LogP contribution in [-0.4, -0.2) is 49.5 Å². The number of likely N-dealkylation sites (tertiary alicyclic amines) is 1. The van der Waals surface area contributed by atoms with Gasteiger partial charge < -0.3 is 10.2 Å². The van der Waals surface area contributed by atoms with E-state index in [2.05, 4.69) is 12.2 Å². The molecular weight excluding hydrogens is 288 g/mol. The van der Waals surface area contributed by atoms with Gasteiger partial charge >= 0.3 is 6.03 Å². The predicted molar refractivity (Wildman–Crippen MR) is 81.8 cm³/mol. The molecule has 3 rings (SSSR count). The van der Waals surface area contributed by atoms with Crippen LogP contribution in [-0.2, 0) is 9.84 Å². The summed E-state index contributed by atoms with van der Waals surface area (Å²) in [5, 5.41) is 2.51. The Hall–Kier alpha value is -0.780. The van der Waals surface area contributed by atoms with Gasteiger partial charge in [0.15, 0.2) is 9.84 Å². The van der Waals surface area contributed by atoms with Gasteiger partial charge in [-0.3, -0.25) is 0 Å². The number of urea groups is 1. The average molecular weight is 314 g/mol. The molecule has 1 saturated carbocycles. The van der Waals surface area contributed by atoms with Gasteiger partial charge in [0.25, 0.3) is 0 Å². The van der Waals surface area contributed by atoms with E-state index in [-0.39, 0.29) is 23.6 Å². The lowest BCUT2D eigenvalue weighted by atomic mass is 9.80. The summed E-state index contributed by atoms with van der Waals surface area (Å²) in [5.41, 5.74) is 0. The van der Waals surface area contributed by atoms with Crippen molar-refractivity contribution in [2.75, 3.05) is 18.8 Å². The molecule has 0 radical (unpaired) electrons. The summed E-state index contributed by atoms with van der Waals surface area (Å²) < 4.78 is 23.6. The molecule has 0 aromatic rings. The molecule has 0 spiro atoms. The minimum atomic E-state index is -2.97. The topological polar surface area (TPSA) is 66.5 Å². The second kappa shape index (κ2) is 5.78. The minimum absolute atomic E-state index is 0.0571. The van der Waals surface area contributed by atoms with Crippen LogP contribution in [0.2, 0.25) is 0 Å². The summed E-state index contributed by atoms with van der Waals surface area (Å²) in [5.74, 6) is 1.48. The molecule has 5 nitrogen and oxygen atoms in total. The Labute approximate surface area is 127 Å². The Morgan fingerprint density at radius 3 is 2.67 bits per heavy atom. The van der Waals surface area contributed by atoms with Gasteiger partial charge in [-0.2, -0.15) is 0 Å². The van der Waals surface area contributed by atoms with Crippen molar-refractivity contribution in [3.63, 3.8) is 0 Å². The largest absolute Gasteiger partial charge is 0.337 e. The Balaban J connectivity index is 1.58. The van der Waals surface area contributed by atoms with Crippen LogP contribution in [0.3, 0.4) is 0 Å². The molecule has 2 heterocycles. The van der Waals surface area contributed by atoms with Gasteiger partial charge in [-0.1, -0.05) is 19.8 Å². The highest BCUT2D eigenvalue weighted by Crippen LogP contribution is 2.39. The van der Waals surface area contributed by atoms with Crippen molar-refractivity contribution >= 4 is 15.9 Å². The van der Waals surface area contributed by atoms with Gasteiger partial charge in [0, 0.05) is 19.1 Å². The summed E-state index contributed by atoms with van der Waals surface area (Å²) in [6, 6.07) is 0.312. The standard InChI is InChI=1S/C15H26N2O3S/c1-11-10-17(14-7-3-2-6-13(11)14)15(18)16-9-12-5-4-8-21(12,19)20/h11-14H,2-10H2,1H3,(H,16,18)/t11-,12+,13+,14+/m1/s1. The third kappa shape index (κ3) is 2.91. The van der Waals surface area contributed by atoms with Crippen LogP contribution >= 0.6 is 0 Å². The number of carbonyl (C=O) groups is 1. The molecule has 6 heteroatoms. The number of amides is 2. The molecule has 3 aliphatic rings. The number of hydrogen-bond donors (Lipinski definition) is 1. The summed E-state index contributed by atoms with van der Waals surface area (Å²) in [6.45, 7) is 3.33. The third-order valence-electron chi connectivity index (χ3n) is 5.60. The van der Waals surface area contributed by atoms with Crippen LogP contribution in [0.1, 0.15) is 45.4 Å². The maximum absolute atomic E-state index is 12.4. The summed E-state index contributed by atoms with van der Waals surface area (Å²) in [4.78, 5) is 14.4. The Kier molecular flexibility index (Phi) is 4.17. The van der Waals surface area contributed by atoms with E-state index in [4.69, 9.17) is 0 Å². The number of fused-ring (bicyclic) bond motifs is 1. The van der Waals surface area contributed by atoms with Gasteiger partial charge in [-0.15, -0.1) is 0 Å². The zero-order valence-electron chi connectivity index (χ0n) is 12.8. The van der Waals surface area contributed by atoms with E-state index in [0.29, 0.717) is 24.3 Å². The molecule has 2 saturated heterocycles.